The highest BCUT2D eigenvalue weighted by Crippen LogP contribution is 2.26. The summed E-state index contributed by atoms with van der Waals surface area (Å²) in [6.07, 6.45) is 5.11. The van der Waals surface area contributed by atoms with Crippen LogP contribution in [0.4, 0.5) is 0 Å². The number of para-hydroxylation sites is 1. The molecule has 0 atom stereocenters. The highest BCUT2D eigenvalue weighted by Gasteiger charge is 2.14. The van der Waals surface area contributed by atoms with Crippen molar-refractivity contribution in [1.82, 2.24) is 4.98 Å². The Morgan fingerprint density at radius 1 is 0.571 bits per heavy atom. The van der Waals surface area contributed by atoms with E-state index in [4.69, 9.17) is 4.74 Å². The third kappa shape index (κ3) is 15.8. The van der Waals surface area contributed by atoms with E-state index in [9.17, 15) is 0 Å². The highest BCUT2D eigenvalue weighted by atomic mass is 16.5. The number of rotatable bonds is 4. The van der Waals surface area contributed by atoms with E-state index in [1.54, 1.807) is 7.11 Å². The van der Waals surface area contributed by atoms with Crippen molar-refractivity contribution in [2.75, 3.05) is 7.11 Å². The lowest BCUT2D eigenvalue weighted by molar-refractivity contribution is 0.379. The Hall–Kier alpha value is -2.61. The molecule has 0 bridgehead atoms. The number of aromatic nitrogens is 1. The summed E-state index contributed by atoms with van der Waals surface area (Å²) in [7, 11) is 1.72. The molecule has 3 aromatic rings. The minimum absolute atomic E-state index is 0.314. The van der Waals surface area contributed by atoms with Crippen LogP contribution < -0.4 is 4.74 Å². The van der Waals surface area contributed by atoms with Crippen LogP contribution in [0.2, 0.25) is 0 Å². The van der Waals surface area contributed by atoms with Crippen molar-refractivity contribution >= 4 is 0 Å². The van der Waals surface area contributed by atoms with Gasteiger partial charge in [-0.1, -0.05) is 117 Å². The van der Waals surface area contributed by atoms with E-state index in [1.807, 2.05) is 30.5 Å². The summed E-state index contributed by atoms with van der Waals surface area (Å²) in [5.74, 6) is 0.998. The number of hydrogen-bond donors (Lipinski definition) is 0. The Morgan fingerprint density at radius 3 is 1.57 bits per heavy atom. The molecule has 2 aromatic carbocycles. The predicted octanol–water partition coefficient (Wildman–Crippen LogP) is 9.23. The van der Waals surface area contributed by atoms with Crippen LogP contribution in [0.1, 0.15) is 79.1 Å². The molecule has 2 heteroatoms. The fraction of sp³-hybridized carbons (Fsp3) is 0.485. The van der Waals surface area contributed by atoms with Crippen molar-refractivity contribution in [3.05, 3.63) is 95.8 Å². The first-order valence-electron chi connectivity index (χ1n) is 12.7. The van der Waals surface area contributed by atoms with E-state index in [0.29, 0.717) is 16.2 Å². The Balaban J connectivity index is 0.000000264. The number of ether oxygens (including phenoxy) is 1. The SMILES string of the molecule is CC(C)(C)Cc1ccccc1.CC(C)(C)Cc1ccccn1.COc1ccccc1CC(C)(C)C. The minimum atomic E-state index is 0.314. The Labute approximate surface area is 216 Å². The number of pyridine rings is 1. The summed E-state index contributed by atoms with van der Waals surface area (Å²) in [5.41, 5.74) is 4.96. The van der Waals surface area contributed by atoms with Crippen LogP contribution in [-0.4, -0.2) is 12.1 Å². The number of nitrogens with zero attached hydrogens (tertiary/aromatic N) is 1. The van der Waals surface area contributed by atoms with Gasteiger partial charge in [-0.05, 0) is 64.8 Å². The fourth-order valence-corrected chi connectivity index (χ4v) is 3.67. The van der Waals surface area contributed by atoms with Gasteiger partial charge in [0, 0.05) is 11.9 Å². The van der Waals surface area contributed by atoms with E-state index in [2.05, 4.69) is 116 Å². The molecule has 0 aliphatic carbocycles. The van der Waals surface area contributed by atoms with Gasteiger partial charge in [-0.15, -0.1) is 0 Å². The average Bonchev–Trinajstić information content (AvgIpc) is 2.73. The molecule has 1 aromatic heterocycles. The molecule has 0 radical (unpaired) electrons. The van der Waals surface area contributed by atoms with Crippen LogP contribution in [0.15, 0.2) is 79.0 Å². The topological polar surface area (TPSA) is 22.1 Å². The largest absolute Gasteiger partial charge is 0.496 e. The van der Waals surface area contributed by atoms with E-state index in [1.165, 1.54) is 16.8 Å². The quantitative estimate of drug-likeness (QED) is 0.375. The van der Waals surface area contributed by atoms with E-state index >= 15 is 0 Å². The summed E-state index contributed by atoms with van der Waals surface area (Å²) in [5, 5.41) is 0. The molecule has 0 aliphatic rings. The minimum Gasteiger partial charge on any atom is -0.496 e. The summed E-state index contributed by atoms with van der Waals surface area (Å²) in [4.78, 5) is 4.26. The second-order valence-electron chi connectivity index (χ2n) is 12.8. The molecule has 0 aliphatic heterocycles. The van der Waals surface area contributed by atoms with Crippen molar-refractivity contribution in [3.63, 3.8) is 0 Å². The van der Waals surface area contributed by atoms with Crippen LogP contribution in [0, 0.1) is 16.2 Å². The van der Waals surface area contributed by atoms with Crippen molar-refractivity contribution in [1.29, 1.82) is 0 Å². The smallest absolute Gasteiger partial charge is 0.122 e. The maximum atomic E-state index is 5.29. The monoisotopic (exact) mass is 475 g/mol. The summed E-state index contributed by atoms with van der Waals surface area (Å²) in [6.45, 7) is 20.2. The number of methoxy groups -OCH3 is 1. The molecular weight excluding hydrogens is 426 g/mol. The molecule has 0 N–H and O–H groups in total. The van der Waals surface area contributed by atoms with Gasteiger partial charge in [-0.25, -0.2) is 0 Å². The molecule has 192 valence electrons. The molecule has 3 rings (SSSR count). The molecule has 0 fully saturated rings. The molecular formula is C33H49NO. The Kier molecular flexibility index (Phi) is 12.2. The molecule has 1 heterocycles. The van der Waals surface area contributed by atoms with Crippen LogP contribution in [0.5, 0.6) is 5.75 Å². The second kappa shape index (κ2) is 14.1. The normalized spacial score (nSPS) is 11.5. The van der Waals surface area contributed by atoms with Crippen molar-refractivity contribution < 1.29 is 4.74 Å². The lowest BCUT2D eigenvalue weighted by Gasteiger charge is -2.19. The zero-order chi connectivity index (χ0) is 26.5. The van der Waals surface area contributed by atoms with E-state index in [-0.39, 0.29) is 0 Å². The van der Waals surface area contributed by atoms with Gasteiger partial charge in [0.1, 0.15) is 5.75 Å². The van der Waals surface area contributed by atoms with Gasteiger partial charge in [0.2, 0.25) is 0 Å². The molecule has 0 spiro atoms. The third-order valence-electron chi connectivity index (χ3n) is 4.93. The molecule has 0 amide bonds. The Morgan fingerprint density at radius 2 is 1.09 bits per heavy atom. The van der Waals surface area contributed by atoms with Gasteiger partial charge < -0.3 is 4.74 Å². The van der Waals surface area contributed by atoms with Crippen LogP contribution in [0.25, 0.3) is 0 Å². The first-order valence-corrected chi connectivity index (χ1v) is 12.7. The van der Waals surface area contributed by atoms with Crippen LogP contribution >= 0.6 is 0 Å². The lowest BCUT2D eigenvalue weighted by atomic mass is 9.88. The molecule has 0 saturated heterocycles. The number of benzene rings is 2. The van der Waals surface area contributed by atoms with Crippen molar-refractivity contribution in [2.24, 2.45) is 16.2 Å². The predicted molar refractivity (Wildman–Crippen MR) is 153 cm³/mol. The van der Waals surface area contributed by atoms with Crippen molar-refractivity contribution in [2.45, 2.75) is 81.6 Å². The van der Waals surface area contributed by atoms with Gasteiger partial charge in [0.05, 0.1) is 7.11 Å². The highest BCUT2D eigenvalue weighted by molar-refractivity contribution is 5.33. The zero-order valence-corrected chi connectivity index (χ0v) is 24.0. The second-order valence-corrected chi connectivity index (χ2v) is 12.8. The zero-order valence-electron chi connectivity index (χ0n) is 24.0. The summed E-state index contributed by atoms with van der Waals surface area (Å²) in [6, 6.07) is 24.9. The maximum Gasteiger partial charge on any atom is 0.122 e. The molecule has 0 unspecified atom stereocenters. The maximum absolute atomic E-state index is 5.29. The first-order chi connectivity index (χ1) is 16.2. The van der Waals surface area contributed by atoms with Gasteiger partial charge in [0.15, 0.2) is 0 Å². The van der Waals surface area contributed by atoms with Gasteiger partial charge >= 0.3 is 0 Å². The van der Waals surface area contributed by atoms with E-state index < -0.39 is 0 Å². The first kappa shape index (κ1) is 30.4. The van der Waals surface area contributed by atoms with Crippen molar-refractivity contribution in [3.8, 4) is 5.75 Å². The van der Waals surface area contributed by atoms with Gasteiger partial charge in [-0.3, -0.25) is 4.98 Å². The number of hydrogen-bond acceptors (Lipinski definition) is 2. The van der Waals surface area contributed by atoms with Crippen LogP contribution in [0.3, 0.4) is 0 Å². The third-order valence-corrected chi connectivity index (χ3v) is 4.93. The summed E-state index contributed by atoms with van der Waals surface area (Å²) >= 11 is 0. The molecule has 2 nitrogen and oxygen atoms in total. The molecule has 35 heavy (non-hydrogen) atoms. The standard InChI is InChI=1S/C12H18O.C11H16.C10H15N/c1-12(2,3)9-10-7-5-6-8-11(10)13-4;1-11(2,3)9-10-7-5-4-6-8-10;1-10(2,3)8-9-6-4-5-7-11-9/h5-8H,9H2,1-4H3;4-8H,9H2,1-3H3;4-7H,8H2,1-3H3. The fourth-order valence-electron chi connectivity index (χ4n) is 3.67. The lowest BCUT2D eigenvalue weighted by Crippen LogP contribution is -2.09. The summed E-state index contributed by atoms with van der Waals surface area (Å²) < 4.78 is 5.29. The molecule has 0 saturated carbocycles. The van der Waals surface area contributed by atoms with E-state index in [0.717, 1.165) is 25.0 Å². The van der Waals surface area contributed by atoms with Gasteiger partial charge in [-0.2, -0.15) is 0 Å². The average molecular weight is 476 g/mol. The Bertz CT molecular complexity index is 891. The van der Waals surface area contributed by atoms with Crippen LogP contribution in [-0.2, 0) is 19.3 Å². The van der Waals surface area contributed by atoms with Gasteiger partial charge in [0.25, 0.3) is 0 Å².